The molecule has 0 fully saturated rings. The van der Waals surface area contributed by atoms with Crippen LogP contribution in [0.5, 0.6) is 0 Å². The van der Waals surface area contributed by atoms with Gasteiger partial charge in [-0.2, -0.15) is 0 Å². The Balaban J connectivity index is 1.23. The molecule has 0 saturated carbocycles. The second-order valence-corrected chi connectivity index (χ2v) is 10.8. The first kappa shape index (κ1) is 25.8. The third-order valence-electron chi connectivity index (χ3n) is 8.12. The van der Waals surface area contributed by atoms with Crippen molar-refractivity contribution in [2.45, 2.75) is 0 Å². The van der Waals surface area contributed by atoms with E-state index in [1.54, 1.807) is 0 Å². The maximum atomic E-state index is 6.24. The number of hydrogen-bond donors (Lipinski definition) is 0. The van der Waals surface area contributed by atoms with E-state index in [0.29, 0.717) is 5.89 Å². The highest BCUT2D eigenvalue weighted by Gasteiger charge is 2.18. The van der Waals surface area contributed by atoms with Gasteiger partial charge in [-0.05, 0) is 70.6 Å². The quantitative estimate of drug-likeness (QED) is 0.201. The third kappa shape index (κ3) is 4.71. The Morgan fingerprint density at radius 1 is 0.432 bits per heavy atom. The summed E-state index contributed by atoms with van der Waals surface area (Å²) in [6, 6.07) is 59.3. The predicted molar refractivity (Wildman–Crippen MR) is 183 cm³/mol. The topological polar surface area (TPSA) is 29.3 Å². The summed E-state index contributed by atoms with van der Waals surface area (Å²) in [6.45, 7) is 0. The molecule has 8 rings (SSSR count). The molecular formula is C41H28N2O. The van der Waals surface area contributed by atoms with E-state index in [9.17, 15) is 0 Å². The molecule has 0 atom stereocenters. The molecule has 0 aliphatic rings. The molecule has 0 saturated heterocycles. The van der Waals surface area contributed by atoms with Crippen LogP contribution in [0.3, 0.4) is 0 Å². The van der Waals surface area contributed by atoms with Gasteiger partial charge in [0, 0.05) is 27.9 Å². The van der Waals surface area contributed by atoms with Gasteiger partial charge in [0.05, 0.1) is 5.69 Å². The van der Waals surface area contributed by atoms with Crippen LogP contribution in [-0.2, 0) is 0 Å². The SMILES string of the molecule is c1ccc(-c2ccc(N(c3ccc(-c4nc5c(ccc6ccccc65)o4)cc3)c3ccccc3-c3ccccc3)cc2)cc1. The molecule has 3 nitrogen and oxygen atoms in total. The molecule has 8 aromatic rings. The summed E-state index contributed by atoms with van der Waals surface area (Å²) in [7, 11) is 0. The number of hydrogen-bond acceptors (Lipinski definition) is 3. The van der Waals surface area contributed by atoms with Crippen LogP contribution in [0.25, 0.3) is 55.6 Å². The average Bonchev–Trinajstić information content (AvgIpc) is 3.55. The van der Waals surface area contributed by atoms with E-state index in [4.69, 9.17) is 9.40 Å². The molecule has 1 aromatic heterocycles. The van der Waals surface area contributed by atoms with Crippen molar-refractivity contribution in [1.82, 2.24) is 4.98 Å². The Morgan fingerprint density at radius 2 is 1.00 bits per heavy atom. The van der Waals surface area contributed by atoms with Gasteiger partial charge in [0.2, 0.25) is 5.89 Å². The predicted octanol–water partition coefficient (Wildman–Crippen LogP) is 11.5. The minimum Gasteiger partial charge on any atom is -0.436 e. The lowest BCUT2D eigenvalue weighted by atomic mass is 10.0. The van der Waals surface area contributed by atoms with Crippen LogP contribution in [0.4, 0.5) is 17.1 Å². The van der Waals surface area contributed by atoms with E-state index in [2.05, 4.69) is 150 Å². The first-order valence-electron chi connectivity index (χ1n) is 14.8. The van der Waals surface area contributed by atoms with Crippen molar-refractivity contribution in [2.75, 3.05) is 4.90 Å². The van der Waals surface area contributed by atoms with E-state index in [0.717, 1.165) is 50.1 Å². The highest BCUT2D eigenvalue weighted by atomic mass is 16.3. The fourth-order valence-corrected chi connectivity index (χ4v) is 5.93. The molecule has 0 N–H and O–H groups in total. The molecule has 0 spiro atoms. The number of oxazole rings is 1. The lowest BCUT2D eigenvalue weighted by molar-refractivity contribution is 0.620. The van der Waals surface area contributed by atoms with E-state index in [1.807, 2.05) is 24.3 Å². The van der Waals surface area contributed by atoms with Gasteiger partial charge in [-0.15, -0.1) is 0 Å². The smallest absolute Gasteiger partial charge is 0.227 e. The summed E-state index contributed by atoms with van der Waals surface area (Å²) in [5, 5.41) is 2.25. The summed E-state index contributed by atoms with van der Waals surface area (Å²) in [5.41, 5.74) is 10.6. The molecule has 44 heavy (non-hydrogen) atoms. The van der Waals surface area contributed by atoms with Gasteiger partial charge in [-0.3, -0.25) is 0 Å². The van der Waals surface area contributed by atoms with Crippen LogP contribution in [0.15, 0.2) is 174 Å². The van der Waals surface area contributed by atoms with Crippen LogP contribution >= 0.6 is 0 Å². The normalized spacial score (nSPS) is 11.2. The number of para-hydroxylation sites is 1. The molecular weight excluding hydrogens is 536 g/mol. The number of nitrogens with zero attached hydrogens (tertiary/aromatic N) is 2. The van der Waals surface area contributed by atoms with Gasteiger partial charge in [-0.1, -0.05) is 121 Å². The zero-order valence-corrected chi connectivity index (χ0v) is 24.0. The van der Waals surface area contributed by atoms with E-state index in [-0.39, 0.29) is 0 Å². The van der Waals surface area contributed by atoms with Crippen LogP contribution in [-0.4, -0.2) is 4.98 Å². The molecule has 3 heteroatoms. The largest absolute Gasteiger partial charge is 0.436 e. The average molecular weight is 565 g/mol. The van der Waals surface area contributed by atoms with Crippen molar-refractivity contribution in [3.05, 3.63) is 170 Å². The number of fused-ring (bicyclic) bond motifs is 3. The molecule has 0 aliphatic heterocycles. The Bertz CT molecular complexity index is 2200. The van der Waals surface area contributed by atoms with Crippen molar-refractivity contribution >= 4 is 38.9 Å². The van der Waals surface area contributed by atoms with E-state index >= 15 is 0 Å². The van der Waals surface area contributed by atoms with Crippen molar-refractivity contribution in [3.8, 4) is 33.7 Å². The van der Waals surface area contributed by atoms with Crippen molar-refractivity contribution in [1.29, 1.82) is 0 Å². The maximum Gasteiger partial charge on any atom is 0.227 e. The van der Waals surface area contributed by atoms with Gasteiger partial charge in [-0.25, -0.2) is 4.98 Å². The van der Waals surface area contributed by atoms with Crippen LogP contribution in [0.1, 0.15) is 0 Å². The minimum absolute atomic E-state index is 0.617. The van der Waals surface area contributed by atoms with Crippen LogP contribution < -0.4 is 4.90 Å². The highest BCUT2D eigenvalue weighted by molar-refractivity contribution is 6.04. The molecule has 0 aliphatic carbocycles. The van der Waals surface area contributed by atoms with Crippen LogP contribution in [0.2, 0.25) is 0 Å². The van der Waals surface area contributed by atoms with Gasteiger partial charge < -0.3 is 9.32 Å². The Hall–Kier alpha value is -5.93. The summed E-state index contributed by atoms with van der Waals surface area (Å²) in [6.07, 6.45) is 0. The fraction of sp³-hybridized carbons (Fsp3) is 0. The fourth-order valence-electron chi connectivity index (χ4n) is 5.93. The van der Waals surface area contributed by atoms with Crippen LogP contribution in [0, 0.1) is 0 Å². The highest BCUT2D eigenvalue weighted by Crippen LogP contribution is 2.42. The standard InChI is InChI=1S/C41H28N2O/c1-3-11-29(12-4-1)30-19-24-34(25-20-30)43(38-18-10-9-16-36(38)31-13-5-2-6-14-31)35-26-21-33(22-27-35)41-42-40-37-17-8-7-15-32(37)23-28-39(40)44-41/h1-28H. The minimum atomic E-state index is 0.617. The zero-order valence-electron chi connectivity index (χ0n) is 24.0. The monoisotopic (exact) mass is 564 g/mol. The molecule has 208 valence electrons. The molecule has 7 aromatic carbocycles. The third-order valence-corrected chi connectivity index (χ3v) is 8.12. The first-order valence-corrected chi connectivity index (χ1v) is 14.8. The van der Waals surface area contributed by atoms with E-state index < -0.39 is 0 Å². The van der Waals surface area contributed by atoms with Gasteiger partial charge in [0.1, 0.15) is 5.52 Å². The number of rotatable bonds is 6. The van der Waals surface area contributed by atoms with E-state index in [1.165, 1.54) is 16.7 Å². The Labute approximate surface area is 256 Å². The molecule has 1 heterocycles. The lowest BCUT2D eigenvalue weighted by Gasteiger charge is -2.28. The van der Waals surface area contributed by atoms with Gasteiger partial charge >= 0.3 is 0 Å². The molecule has 0 unspecified atom stereocenters. The van der Waals surface area contributed by atoms with Gasteiger partial charge in [0.15, 0.2) is 5.58 Å². The van der Waals surface area contributed by atoms with Crippen molar-refractivity contribution < 1.29 is 4.42 Å². The Kier molecular flexibility index (Phi) is 6.47. The van der Waals surface area contributed by atoms with Gasteiger partial charge in [0.25, 0.3) is 0 Å². The number of benzene rings is 7. The molecule has 0 bridgehead atoms. The summed E-state index contributed by atoms with van der Waals surface area (Å²) in [4.78, 5) is 7.23. The number of anilines is 3. The second kappa shape index (κ2) is 11.0. The molecule has 0 radical (unpaired) electrons. The Morgan fingerprint density at radius 3 is 1.73 bits per heavy atom. The summed E-state index contributed by atoms with van der Waals surface area (Å²) < 4.78 is 6.24. The number of aromatic nitrogens is 1. The van der Waals surface area contributed by atoms with Crippen molar-refractivity contribution in [3.63, 3.8) is 0 Å². The first-order chi connectivity index (χ1) is 21.8. The lowest BCUT2D eigenvalue weighted by Crippen LogP contribution is -2.11. The summed E-state index contributed by atoms with van der Waals surface area (Å²) in [5.74, 6) is 0.617. The maximum absolute atomic E-state index is 6.24. The molecule has 0 amide bonds. The van der Waals surface area contributed by atoms with Crippen molar-refractivity contribution in [2.24, 2.45) is 0 Å². The zero-order chi connectivity index (χ0) is 29.3. The summed E-state index contributed by atoms with van der Waals surface area (Å²) >= 11 is 0. The second-order valence-electron chi connectivity index (χ2n) is 10.8.